The Morgan fingerprint density at radius 3 is 1.57 bits per heavy atom. The minimum absolute atomic E-state index is 0.459. The summed E-state index contributed by atoms with van der Waals surface area (Å²) in [7, 11) is 0. The number of H-pyrrole nitrogens is 1. The van der Waals surface area contributed by atoms with Crippen LogP contribution in [0.3, 0.4) is 0 Å². The van der Waals surface area contributed by atoms with E-state index in [2.05, 4.69) is 211 Å². The van der Waals surface area contributed by atoms with Gasteiger partial charge in [0.2, 0.25) is 0 Å². The fraction of sp³-hybridized carbons (Fsp3) is 0.0769. The third-order valence-corrected chi connectivity index (χ3v) is 12.5. The SMILES string of the molecule is CC1(c2ccccc2)c2ccc3c(c2C(C)(c2ccccc2)c2ccc4[nH]c5ccccc5c4c21)c1ccccc1n3-c1ccc(-c2ccccc2)cc1. The molecule has 0 spiro atoms. The van der Waals surface area contributed by atoms with Gasteiger partial charge >= 0.3 is 0 Å². The molecule has 0 radical (unpaired) electrons. The molecule has 11 rings (SSSR count). The van der Waals surface area contributed by atoms with E-state index < -0.39 is 10.8 Å². The maximum Gasteiger partial charge on any atom is 0.0544 e. The van der Waals surface area contributed by atoms with Crippen LogP contribution in [0.15, 0.2) is 188 Å². The summed E-state index contributed by atoms with van der Waals surface area (Å²) in [6.07, 6.45) is 0. The lowest BCUT2D eigenvalue weighted by molar-refractivity contribution is 0.577. The number of aromatic amines is 1. The van der Waals surface area contributed by atoms with Crippen molar-refractivity contribution in [2.75, 3.05) is 0 Å². The zero-order valence-electron chi connectivity index (χ0n) is 30.3. The zero-order chi connectivity index (χ0) is 36.0. The largest absolute Gasteiger partial charge is 0.355 e. The molecule has 2 aromatic heterocycles. The van der Waals surface area contributed by atoms with Crippen molar-refractivity contribution in [1.29, 1.82) is 0 Å². The second-order valence-corrected chi connectivity index (χ2v) is 15.2. The van der Waals surface area contributed by atoms with E-state index in [1.165, 1.54) is 88.1 Å². The Hall–Kier alpha value is -6.64. The number of hydrogen-bond donors (Lipinski definition) is 1. The molecule has 2 unspecified atom stereocenters. The van der Waals surface area contributed by atoms with Crippen molar-refractivity contribution in [2.45, 2.75) is 24.7 Å². The maximum atomic E-state index is 3.79. The fourth-order valence-electron chi connectivity index (χ4n) is 10.00. The van der Waals surface area contributed by atoms with Gasteiger partial charge in [-0.25, -0.2) is 0 Å². The maximum absolute atomic E-state index is 3.79. The van der Waals surface area contributed by atoms with Gasteiger partial charge < -0.3 is 9.55 Å². The van der Waals surface area contributed by atoms with E-state index >= 15 is 0 Å². The van der Waals surface area contributed by atoms with Gasteiger partial charge in [-0.1, -0.05) is 152 Å². The molecule has 2 nitrogen and oxygen atoms in total. The molecule has 0 amide bonds. The minimum atomic E-state index is -0.474. The average Bonchev–Trinajstić information content (AvgIpc) is 3.79. The number of nitrogens with zero attached hydrogens (tertiary/aromatic N) is 1. The molecule has 2 atom stereocenters. The molecular weight excluding hydrogens is 653 g/mol. The van der Waals surface area contributed by atoms with Crippen LogP contribution in [0.2, 0.25) is 0 Å². The highest BCUT2D eigenvalue weighted by Crippen LogP contribution is 2.59. The van der Waals surface area contributed by atoms with E-state index in [0.29, 0.717) is 0 Å². The third kappa shape index (κ3) is 4.11. The number of benzene rings is 8. The van der Waals surface area contributed by atoms with E-state index in [-0.39, 0.29) is 0 Å². The molecule has 8 aromatic carbocycles. The van der Waals surface area contributed by atoms with Crippen LogP contribution in [0.25, 0.3) is 60.4 Å². The Morgan fingerprint density at radius 2 is 0.907 bits per heavy atom. The Bertz CT molecular complexity index is 3040. The number of hydrogen-bond acceptors (Lipinski definition) is 0. The molecule has 0 aliphatic heterocycles. The summed E-state index contributed by atoms with van der Waals surface area (Å²) in [5, 5.41) is 5.16. The molecular formula is C52H38N2. The summed E-state index contributed by atoms with van der Waals surface area (Å²) in [5.41, 5.74) is 15.5. The Morgan fingerprint density at radius 1 is 0.389 bits per heavy atom. The molecule has 1 N–H and O–H groups in total. The topological polar surface area (TPSA) is 20.7 Å². The summed E-state index contributed by atoms with van der Waals surface area (Å²) in [4.78, 5) is 3.79. The molecule has 0 saturated carbocycles. The Balaban J connectivity index is 1.30. The molecule has 256 valence electrons. The van der Waals surface area contributed by atoms with Gasteiger partial charge in [-0.05, 0) is 94.8 Å². The lowest BCUT2D eigenvalue weighted by Crippen LogP contribution is -2.41. The third-order valence-electron chi connectivity index (χ3n) is 12.5. The van der Waals surface area contributed by atoms with Gasteiger partial charge in [-0.3, -0.25) is 0 Å². The number of fused-ring (bicyclic) bond motifs is 10. The van der Waals surface area contributed by atoms with Crippen LogP contribution in [0.4, 0.5) is 0 Å². The molecule has 1 aliphatic carbocycles. The van der Waals surface area contributed by atoms with Gasteiger partial charge in [-0.15, -0.1) is 0 Å². The van der Waals surface area contributed by atoms with Crippen molar-refractivity contribution in [1.82, 2.24) is 9.55 Å². The molecule has 0 bridgehead atoms. The molecule has 2 heterocycles. The molecule has 0 saturated heterocycles. The second kappa shape index (κ2) is 11.4. The summed E-state index contributed by atoms with van der Waals surface area (Å²) in [6.45, 7) is 4.95. The van der Waals surface area contributed by atoms with Gasteiger partial charge in [0.05, 0.1) is 11.0 Å². The summed E-state index contributed by atoms with van der Waals surface area (Å²) in [6, 6.07) is 69.5. The van der Waals surface area contributed by atoms with Gasteiger partial charge in [0.25, 0.3) is 0 Å². The molecule has 0 fully saturated rings. The summed E-state index contributed by atoms with van der Waals surface area (Å²) < 4.78 is 2.48. The quantitative estimate of drug-likeness (QED) is 0.190. The summed E-state index contributed by atoms with van der Waals surface area (Å²) >= 11 is 0. The zero-order valence-corrected chi connectivity index (χ0v) is 30.3. The predicted molar refractivity (Wildman–Crippen MR) is 226 cm³/mol. The smallest absolute Gasteiger partial charge is 0.0544 e. The highest BCUT2D eigenvalue weighted by molar-refractivity contribution is 6.14. The first-order valence-electron chi connectivity index (χ1n) is 19.0. The van der Waals surface area contributed by atoms with E-state index in [4.69, 9.17) is 0 Å². The fourth-order valence-corrected chi connectivity index (χ4v) is 10.00. The van der Waals surface area contributed by atoms with Gasteiger partial charge in [0.1, 0.15) is 0 Å². The van der Waals surface area contributed by atoms with Crippen LogP contribution in [-0.2, 0) is 10.8 Å². The molecule has 1 aliphatic rings. The molecule has 54 heavy (non-hydrogen) atoms. The molecule has 10 aromatic rings. The van der Waals surface area contributed by atoms with Gasteiger partial charge in [0.15, 0.2) is 0 Å². The number of aromatic nitrogens is 2. The van der Waals surface area contributed by atoms with Crippen molar-refractivity contribution in [3.63, 3.8) is 0 Å². The van der Waals surface area contributed by atoms with Crippen LogP contribution < -0.4 is 0 Å². The standard InChI is InChI=1S/C52H38N2/c1-51(36-18-8-4-9-19-36)42-31-33-46-48(40-23-13-15-25-45(40)54(46)38-28-26-35(27-29-38)34-16-6-3-7-17-34)50(42)52(2,37-20-10-5-11-21-37)41-30-32-44-47(49(41)51)39-22-12-14-24-43(39)53-44/h3-33,53H,1-2H3. The van der Waals surface area contributed by atoms with E-state index in [9.17, 15) is 0 Å². The first-order valence-corrected chi connectivity index (χ1v) is 19.0. The normalized spacial score (nSPS) is 18.0. The average molecular weight is 691 g/mol. The van der Waals surface area contributed by atoms with Crippen molar-refractivity contribution < 1.29 is 0 Å². The van der Waals surface area contributed by atoms with Crippen molar-refractivity contribution in [3.8, 4) is 16.8 Å². The van der Waals surface area contributed by atoms with Crippen LogP contribution >= 0.6 is 0 Å². The second-order valence-electron chi connectivity index (χ2n) is 15.2. The first kappa shape index (κ1) is 30.9. The predicted octanol–water partition coefficient (Wildman–Crippen LogP) is 13.1. The first-order chi connectivity index (χ1) is 26.6. The van der Waals surface area contributed by atoms with E-state index in [1.807, 2.05) is 0 Å². The number of nitrogens with one attached hydrogen (secondary N) is 1. The Kier molecular flexibility index (Phi) is 6.55. The van der Waals surface area contributed by atoms with Crippen LogP contribution in [-0.4, -0.2) is 9.55 Å². The van der Waals surface area contributed by atoms with Crippen LogP contribution in [0, 0.1) is 0 Å². The Labute approximate surface area is 315 Å². The van der Waals surface area contributed by atoms with Crippen molar-refractivity contribution >= 4 is 43.6 Å². The molecule has 2 heteroatoms. The van der Waals surface area contributed by atoms with Gasteiger partial charge in [0, 0.05) is 49.1 Å². The monoisotopic (exact) mass is 690 g/mol. The summed E-state index contributed by atoms with van der Waals surface area (Å²) in [5.74, 6) is 0. The lowest BCUT2D eigenvalue weighted by atomic mass is 9.54. The van der Waals surface area contributed by atoms with E-state index in [1.54, 1.807) is 0 Å². The van der Waals surface area contributed by atoms with E-state index in [0.717, 1.165) is 5.69 Å². The minimum Gasteiger partial charge on any atom is -0.355 e. The van der Waals surface area contributed by atoms with Crippen molar-refractivity contribution in [2.24, 2.45) is 0 Å². The van der Waals surface area contributed by atoms with Crippen LogP contribution in [0.1, 0.15) is 47.2 Å². The van der Waals surface area contributed by atoms with Gasteiger partial charge in [-0.2, -0.15) is 0 Å². The number of para-hydroxylation sites is 2. The van der Waals surface area contributed by atoms with Crippen LogP contribution in [0.5, 0.6) is 0 Å². The number of rotatable bonds is 4. The lowest BCUT2D eigenvalue weighted by Gasteiger charge is -2.48. The highest BCUT2D eigenvalue weighted by Gasteiger charge is 2.50. The van der Waals surface area contributed by atoms with Crippen molar-refractivity contribution in [3.05, 3.63) is 221 Å². The highest BCUT2D eigenvalue weighted by atomic mass is 15.0.